The molecule has 0 bridgehead atoms. The van der Waals surface area contributed by atoms with Crippen LogP contribution in [0.5, 0.6) is 0 Å². The van der Waals surface area contributed by atoms with E-state index in [1.165, 1.54) is 19.3 Å². The summed E-state index contributed by atoms with van der Waals surface area (Å²) in [6.07, 6.45) is 6.01. The molecule has 3 heteroatoms. The highest BCUT2D eigenvalue weighted by atomic mass is 127. The third-order valence-corrected chi connectivity index (χ3v) is 4.65. The number of benzene rings is 1. The summed E-state index contributed by atoms with van der Waals surface area (Å²) in [6, 6.07) is 8.12. The van der Waals surface area contributed by atoms with Gasteiger partial charge in [-0.25, -0.2) is 0 Å². The minimum Gasteiger partial charge on any atom is -0.349 e. The SMILES string of the molecule is CC1CCCC(NC(=O)c2ccccc2I)CC1. The Morgan fingerprint density at radius 2 is 2.00 bits per heavy atom. The molecule has 1 aliphatic rings. The van der Waals surface area contributed by atoms with Gasteiger partial charge in [0, 0.05) is 9.61 Å². The van der Waals surface area contributed by atoms with Gasteiger partial charge in [0.05, 0.1) is 5.56 Å². The van der Waals surface area contributed by atoms with Gasteiger partial charge >= 0.3 is 0 Å². The number of carbonyl (C=O) groups excluding carboxylic acids is 1. The van der Waals surface area contributed by atoms with Crippen molar-refractivity contribution < 1.29 is 4.79 Å². The van der Waals surface area contributed by atoms with Gasteiger partial charge in [0.15, 0.2) is 0 Å². The van der Waals surface area contributed by atoms with Crippen molar-refractivity contribution in [3.63, 3.8) is 0 Å². The predicted molar refractivity (Wildman–Crippen MR) is 82.7 cm³/mol. The van der Waals surface area contributed by atoms with E-state index in [2.05, 4.69) is 34.8 Å². The smallest absolute Gasteiger partial charge is 0.252 e. The van der Waals surface area contributed by atoms with Crippen LogP contribution < -0.4 is 5.32 Å². The van der Waals surface area contributed by atoms with Gasteiger partial charge in [-0.3, -0.25) is 4.79 Å². The molecule has 1 amide bonds. The van der Waals surface area contributed by atoms with E-state index in [-0.39, 0.29) is 5.91 Å². The average molecular weight is 357 g/mol. The summed E-state index contributed by atoms with van der Waals surface area (Å²) in [5.41, 5.74) is 0.801. The topological polar surface area (TPSA) is 29.1 Å². The number of amides is 1. The Labute approximate surface area is 123 Å². The molecule has 0 aromatic heterocycles. The van der Waals surface area contributed by atoms with Gasteiger partial charge in [-0.15, -0.1) is 0 Å². The third-order valence-electron chi connectivity index (χ3n) is 3.71. The van der Waals surface area contributed by atoms with Crippen LogP contribution in [0.25, 0.3) is 0 Å². The van der Waals surface area contributed by atoms with E-state index >= 15 is 0 Å². The van der Waals surface area contributed by atoms with Gasteiger partial charge in [0.2, 0.25) is 0 Å². The molecule has 2 atom stereocenters. The highest BCUT2D eigenvalue weighted by Crippen LogP contribution is 2.23. The van der Waals surface area contributed by atoms with E-state index in [1.54, 1.807) is 0 Å². The molecule has 1 N–H and O–H groups in total. The lowest BCUT2D eigenvalue weighted by Crippen LogP contribution is -2.34. The molecule has 0 spiro atoms. The first-order chi connectivity index (χ1) is 8.66. The maximum atomic E-state index is 12.2. The van der Waals surface area contributed by atoms with Crippen LogP contribution in [-0.2, 0) is 0 Å². The molecule has 2 unspecified atom stereocenters. The molecule has 2 nitrogen and oxygen atoms in total. The summed E-state index contributed by atoms with van der Waals surface area (Å²) in [4.78, 5) is 12.2. The molecular weight excluding hydrogens is 337 g/mol. The van der Waals surface area contributed by atoms with Crippen LogP contribution in [0.3, 0.4) is 0 Å². The quantitative estimate of drug-likeness (QED) is 0.629. The summed E-state index contributed by atoms with van der Waals surface area (Å²) in [7, 11) is 0. The Kier molecular flexibility index (Phi) is 5.03. The average Bonchev–Trinajstić information content (AvgIpc) is 2.55. The van der Waals surface area contributed by atoms with Crippen molar-refractivity contribution in [1.29, 1.82) is 0 Å². The molecule has 1 aromatic carbocycles. The zero-order chi connectivity index (χ0) is 13.0. The lowest BCUT2D eigenvalue weighted by atomic mass is 10.0. The summed E-state index contributed by atoms with van der Waals surface area (Å²) in [5, 5.41) is 3.19. The van der Waals surface area contributed by atoms with Crippen LogP contribution in [0.4, 0.5) is 0 Å². The second-order valence-corrected chi connectivity index (χ2v) is 6.43. The lowest BCUT2D eigenvalue weighted by Gasteiger charge is -2.17. The second-order valence-electron chi connectivity index (χ2n) is 5.26. The van der Waals surface area contributed by atoms with Crippen LogP contribution >= 0.6 is 22.6 Å². The number of nitrogens with one attached hydrogen (secondary N) is 1. The van der Waals surface area contributed by atoms with E-state index in [0.717, 1.165) is 27.9 Å². The Morgan fingerprint density at radius 3 is 2.78 bits per heavy atom. The molecule has 0 saturated heterocycles. The van der Waals surface area contributed by atoms with Crippen molar-refractivity contribution >= 4 is 28.5 Å². The number of hydrogen-bond donors (Lipinski definition) is 1. The molecule has 18 heavy (non-hydrogen) atoms. The Balaban J connectivity index is 1.97. The third kappa shape index (κ3) is 3.70. The van der Waals surface area contributed by atoms with E-state index < -0.39 is 0 Å². The molecule has 0 heterocycles. The first-order valence-corrected chi connectivity index (χ1v) is 7.80. The molecular formula is C15H20INO. The number of hydrogen-bond acceptors (Lipinski definition) is 1. The molecule has 98 valence electrons. The van der Waals surface area contributed by atoms with Crippen molar-refractivity contribution in [3.8, 4) is 0 Å². The van der Waals surface area contributed by atoms with E-state index in [9.17, 15) is 4.79 Å². The van der Waals surface area contributed by atoms with Gasteiger partial charge in [0.25, 0.3) is 5.91 Å². The molecule has 0 aliphatic heterocycles. The number of rotatable bonds is 2. The minimum absolute atomic E-state index is 0.0829. The van der Waals surface area contributed by atoms with Crippen molar-refractivity contribution in [2.45, 2.75) is 45.1 Å². The Morgan fingerprint density at radius 1 is 1.22 bits per heavy atom. The first kappa shape index (κ1) is 13.8. The van der Waals surface area contributed by atoms with Crippen LogP contribution in [-0.4, -0.2) is 11.9 Å². The molecule has 2 rings (SSSR count). The van der Waals surface area contributed by atoms with Gasteiger partial charge in [-0.1, -0.05) is 31.9 Å². The van der Waals surface area contributed by atoms with E-state index in [4.69, 9.17) is 0 Å². The normalized spacial score (nSPS) is 24.3. The number of carbonyl (C=O) groups is 1. The van der Waals surface area contributed by atoms with Crippen molar-refractivity contribution in [2.24, 2.45) is 5.92 Å². The zero-order valence-electron chi connectivity index (χ0n) is 10.8. The van der Waals surface area contributed by atoms with Crippen molar-refractivity contribution in [2.75, 3.05) is 0 Å². The number of halogens is 1. The highest BCUT2D eigenvalue weighted by molar-refractivity contribution is 14.1. The molecule has 1 aliphatic carbocycles. The fourth-order valence-electron chi connectivity index (χ4n) is 2.54. The van der Waals surface area contributed by atoms with Crippen LogP contribution in [0.2, 0.25) is 0 Å². The van der Waals surface area contributed by atoms with Crippen molar-refractivity contribution in [1.82, 2.24) is 5.32 Å². The fourth-order valence-corrected chi connectivity index (χ4v) is 3.17. The van der Waals surface area contributed by atoms with Gasteiger partial charge < -0.3 is 5.32 Å². The molecule has 1 fully saturated rings. The minimum atomic E-state index is 0.0829. The zero-order valence-corrected chi connectivity index (χ0v) is 12.9. The Hall–Kier alpha value is -0.580. The second kappa shape index (κ2) is 6.55. The Bertz CT molecular complexity index is 419. The first-order valence-electron chi connectivity index (χ1n) is 6.72. The largest absolute Gasteiger partial charge is 0.349 e. The molecule has 1 aromatic rings. The standard InChI is InChI=1S/C15H20INO/c1-11-5-4-6-12(10-9-11)17-15(18)13-7-2-3-8-14(13)16/h2-3,7-8,11-12H,4-6,9-10H2,1H3,(H,17,18). The van der Waals surface area contributed by atoms with Gasteiger partial charge in [0.1, 0.15) is 0 Å². The lowest BCUT2D eigenvalue weighted by molar-refractivity contribution is 0.0932. The molecule has 1 saturated carbocycles. The summed E-state index contributed by atoms with van der Waals surface area (Å²) < 4.78 is 1.02. The molecule has 0 radical (unpaired) electrons. The summed E-state index contributed by atoms with van der Waals surface area (Å²) >= 11 is 2.22. The maximum Gasteiger partial charge on any atom is 0.252 e. The summed E-state index contributed by atoms with van der Waals surface area (Å²) in [6.45, 7) is 2.31. The van der Waals surface area contributed by atoms with E-state index in [1.807, 2.05) is 24.3 Å². The van der Waals surface area contributed by atoms with Gasteiger partial charge in [-0.2, -0.15) is 0 Å². The van der Waals surface area contributed by atoms with Gasteiger partial charge in [-0.05, 0) is 59.9 Å². The van der Waals surface area contributed by atoms with Crippen molar-refractivity contribution in [3.05, 3.63) is 33.4 Å². The van der Waals surface area contributed by atoms with Crippen LogP contribution in [0.1, 0.15) is 49.4 Å². The highest BCUT2D eigenvalue weighted by Gasteiger charge is 2.19. The summed E-state index contributed by atoms with van der Waals surface area (Å²) in [5.74, 6) is 0.892. The predicted octanol–water partition coefficient (Wildman–Crippen LogP) is 3.99. The fraction of sp³-hybridized carbons (Fsp3) is 0.533. The van der Waals surface area contributed by atoms with Crippen LogP contribution in [0.15, 0.2) is 24.3 Å². The maximum absolute atomic E-state index is 12.2. The monoisotopic (exact) mass is 357 g/mol. The van der Waals surface area contributed by atoms with E-state index in [0.29, 0.717) is 6.04 Å². The van der Waals surface area contributed by atoms with Crippen LogP contribution in [0, 0.1) is 9.49 Å².